The zero-order chi connectivity index (χ0) is 10.4. The molecule has 0 rings (SSSR count). The quantitative estimate of drug-likeness (QED) is 0.537. The molecular weight excluding hydrogens is 195 g/mol. The first-order valence-electron chi connectivity index (χ1n) is 4.46. The minimum Gasteiger partial charge on any atom is -1.00 e. The van der Waals surface area contributed by atoms with Crippen LogP contribution in [0.1, 0.15) is 34.5 Å². The molecular formula is C9H17NaO4. The Kier molecular flexibility index (Phi) is 9.67. The van der Waals surface area contributed by atoms with Crippen LogP contribution < -0.4 is 29.6 Å². The van der Waals surface area contributed by atoms with E-state index in [0.29, 0.717) is 6.42 Å². The van der Waals surface area contributed by atoms with E-state index >= 15 is 0 Å². The Balaban J connectivity index is -0.000000720. The molecule has 0 amide bonds. The van der Waals surface area contributed by atoms with E-state index in [1.807, 2.05) is 6.92 Å². The van der Waals surface area contributed by atoms with Crippen molar-refractivity contribution < 1.29 is 50.8 Å². The summed E-state index contributed by atoms with van der Waals surface area (Å²) in [5.41, 5.74) is 0. The van der Waals surface area contributed by atoms with Crippen LogP contribution in [0.25, 0.3) is 0 Å². The predicted molar refractivity (Wildman–Crippen MR) is 48.6 cm³/mol. The van der Waals surface area contributed by atoms with Gasteiger partial charge in [0.1, 0.15) is 0 Å². The molecule has 2 atom stereocenters. The van der Waals surface area contributed by atoms with Crippen LogP contribution in [0, 0.1) is 11.8 Å². The predicted octanol–water partition coefficient (Wildman–Crippen LogP) is -1.29. The van der Waals surface area contributed by atoms with Crippen molar-refractivity contribution in [2.75, 3.05) is 0 Å². The normalized spacial score (nSPS) is 13.9. The van der Waals surface area contributed by atoms with Crippen LogP contribution in [0.3, 0.4) is 0 Å². The Morgan fingerprint density at radius 3 is 2.07 bits per heavy atom. The molecule has 78 valence electrons. The summed E-state index contributed by atoms with van der Waals surface area (Å²) in [4.78, 5) is 21.2. The molecule has 0 bridgehead atoms. The molecule has 0 aromatic carbocycles. The van der Waals surface area contributed by atoms with E-state index < -0.39 is 23.8 Å². The van der Waals surface area contributed by atoms with Gasteiger partial charge in [-0.25, -0.2) is 0 Å². The second-order valence-electron chi connectivity index (χ2n) is 3.21. The number of carbonyl (C=O) groups is 2. The molecule has 4 nitrogen and oxygen atoms in total. The third-order valence-electron chi connectivity index (χ3n) is 2.18. The second-order valence-corrected chi connectivity index (χ2v) is 3.21. The van der Waals surface area contributed by atoms with Crippen molar-refractivity contribution in [2.24, 2.45) is 11.8 Å². The molecule has 5 heteroatoms. The summed E-state index contributed by atoms with van der Waals surface area (Å²) in [7, 11) is 0. The number of hydrogen-bond donors (Lipinski definition) is 2. The second kappa shape index (κ2) is 8.26. The standard InChI is InChI=1S/C9H16O4.Na.H/c1-3-4-5-7(9(12)13)6(2)8(10)11;;/h6-7H,3-5H2,1-2H3,(H,10,11)(H,12,13);;/q;+1;-1. The Labute approximate surface area is 107 Å². The number of carboxylic acid groups (broad SMARTS) is 2. The topological polar surface area (TPSA) is 74.6 Å². The van der Waals surface area contributed by atoms with Crippen LogP contribution in [0.2, 0.25) is 0 Å². The van der Waals surface area contributed by atoms with Crippen molar-refractivity contribution in [2.45, 2.75) is 33.1 Å². The van der Waals surface area contributed by atoms with Crippen molar-refractivity contribution in [1.82, 2.24) is 0 Å². The summed E-state index contributed by atoms with van der Waals surface area (Å²) in [6.45, 7) is 3.39. The molecule has 0 aromatic rings. The maximum atomic E-state index is 10.7. The first-order chi connectivity index (χ1) is 6.00. The first kappa shape index (κ1) is 16.4. The third-order valence-corrected chi connectivity index (χ3v) is 2.18. The van der Waals surface area contributed by atoms with Gasteiger partial charge in [0.25, 0.3) is 0 Å². The van der Waals surface area contributed by atoms with Gasteiger partial charge in [-0.1, -0.05) is 26.7 Å². The molecule has 0 radical (unpaired) electrons. The summed E-state index contributed by atoms with van der Waals surface area (Å²) in [5, 5.41) is 17.4. The average Bonchev–Trinajstić information content (AvgIpc) is 2.04. The van der Waals surface area contributed by atoms with E-state index in [1.165, 1.54) is 6.92 Å². The molecule has 0 heterocycles. The minimum absolute atomic E-state index is 0. The molecule has 0 aromatic heterocycles. The molecule has 0 saturated carbocycles. The van der Waals surface area contributed by atoms with Crippen LogP contribution in [0.15, 0.2) is 0 Å². The molecule has 14 heavy (non-hydrogen) atoms. The largest absolute Gasteiger partial charge is 1.00 e. The average molecular weight is 212 g/mol. The van der Waals surface area contributed by atoms with Gasteiger partial charge in [-0.15, -0.1) is 0 Å². The SMILES string of the molecule is CCCCC(C(=O)O)C(C)C(=O)O.[H-].[Na+]. The van der Waals surface area contributed by atoms with Gasteiger partial charge < -0.3 is 11.6 Å². The summed E-state index contributed by atoms with van der Waals surface area (Å²) >= 11 is 0. The number of rotatable bonds is 6. The summed E-state index contributed by atoms with van der Waals surface area (Å²) in [5.74, 6) is -3.60. The van der Waals surface area contributed by atoms with Gasteiger partial charge in [-0.05, 0) is 6.42 Å². The molecule has 0 aliphatic rings. The van der Waals surface area contributed by atoms with Crippen LogP contribution in [0.4, 0.5) is 0 Å². The van der Waals surface area contributed by atoms with Gasteiger partial charge in [0.05, 0.1) is 11.8 Å². The van der Waals surface area contributed by atoms with Gasteiger partial charge in [0.2, 0.25) is 0 Å². The third kappa shape index (κ3) is 5.62. The van der Waals surface area contributed by atoms with Crippen LogP contribution >= 0.6 is 0 Å². The van der Waals surface area contributed by atoms with E-state index in [4.69, 9.17) is 10.2 Å². The van der Waals surface area contributed by atoms with Crippen molar-refractivity contribution in [3.63, 3.8) is 0 Å². The summed E-state index contributed by atoms with van der Waals surface area (Å²) < 4.78 is 0. The van der Waals surface area contributed by atoms with E-state index in [9.17, 15) is 9.59 Å². The Morgan fingerprint density at radius 2 is 1.79 bits per heavy atom. The van der Waals surface area contributed by atoms with Crippen molar-refractivity contribution in [3.05, 3.63) is 0 Å². The van der Waals surface area contributed by atoms with E-state index in [2.05, 4.69) is 0 Å². The Morgan fingerprint density at radius 1 is 1.29 bits per heavy atom. The van der Waals surface area contributed by atoms with E-state index in [1.54, 1.807) is 0 Å². The number of hydrogen-bond acceptors (Lipinski definition) is 2. The van der Waals surface area contributed by atoms with Crippen molar-refractivity contribution >= 4 is 11.9 Å². The maximum absolute atomic E-state index is 10.7. The monoisotopic (exact) mass is 212 g/mol. The molecule has 0 saturated heterocycles. The van der Waals surface area contributed by atoms with Crippen LogP contribution in [-0.2, 0) is 9.59 Å². The van der Waals surface area contributed by atoms with Gasteiger partial charge >= 0.3 is 41.5 Å². The fraction of sp³-hybridized carbons (Fsp3) is 0.778. The van der Waals surface area contributed by atoms with Gasteiger partial charge in [0, 0.05) is 0 Å². The minimum atomic E-state index is -1.04. The maximum Gasteiger partial charge on any atom is 1.00 e. The van der Waals surface area contributed by atoms with E-state index in [0.717, 1.165) is 12.8 Å². The van der Waals surface area contributed by atoms with Crippen LogP contribution in [-0.4, -0.2) is 22.2 Å². The number of aliphatic carboxylic acids is 2. The fourth-order valence-electron chi connectivity index (χ4n) is 1.18. The molecule has 2 N–H and O–H groups in total. The smallest absolute Gasteiger partial charge is 1.00 e. The van der Waals surface area contributed by atoms with Gasteiger partial charge in [0.15, 0.2) is 0 Å². The van der Waals surface area contributed by atoms with Crippen LogP contribution in [0.5, 0.6) is 0 Å². The number of carboxylic acids is 2. The van der Waals surface area contributed by atoms with Gasteiger partial charge in [-0.3, -0.25) is 9.59 Å². The first-order valence-corrected chi connectivity index (χ1v) is 4.46. The molecule has 0 aliphatic carbocycles. The molecule has 2 unspecified atom stereocenters. The Bertz CT molecular complexity index is 199. The van der Waals surface area contributed by atoms with Gasteiger partial charge in [-0.2, -0.15) is 0 Å². The summed E-state index contributed by atoms with van der Waals surface area (Å²) in [6.07, 6.45) is 2.09. The molecule has 0 fully saturated rings. The fourth-order valence-corrected chi connectivity index (χ4v) is 1.18. The zero-order valence-electron chi connectivity index (χ0n) is 9.99. The zero-order valence-corrected chi connectivity index (χ0v) is 11.0. The van der Waals surface area contributed by atoms with Crippen molar-refractivity contribution in [3.8, 4) is 0 Å². The summed E-state index contributed by atoms with van der Waals surface area (Å²) in [6, 6.07) is 0. The van der Waals surface area contributed by atoms with Crippen molar-refractivity contribution in [1.29, 1.82) is 0 Å². The van der Waals surface area contributed by atoms with E-state index in [-0.39, 0.29) is 31.0 Å². The molecule has 0 spiro atoms. The molecule has 0 aliphatic heterocycles. The number of unbranched alkanes of at least 4 members (excludes halogenated alkanes) is 1. The Hall–Kier alpha value is -0.0600.